The number of carboxylic acid groups (broad SMARTS) is 1. The highest BCUT2D eigenvalue weighted by Crippen LogP contribution is 2.16. The van der Waals surface area contributed by atoms with E-state index in [0.29, 0.717) is 6.54 Å². The van der Waals surface area contributed by atoms with E-state index in [0.717, 1.165) is 11.4 Å². The minimum absolute atomic E-state index is 0.0346. The van der Waals surface area contributed by atoms with Gasteiger partial charge in [-0.05, 0) is 19.8 Å². The monoisotopic (exact) mass is 237 g/mol. The summed E-state index contributed by atoms with van der Waals surface area (Å²) in [6, 6.07) is 3.07. The van der Waals surface area contributed by atoms with Crippen LogP contribution in [0, 0.1) is 25.7 Å². The Labute approximate surface area is 101 Å². The minimum Gasteiger partial charge on any atom is -0.481 e. The molecule has 4 heteroatoms. The molecule has 1 atom stereocenters. The second-order valence-electron chi connectivity index (χ2n) is 4.77. The van der Waals surface area contributed by atoms with Crippen LogP contribution in [0.15, 0.2) is 16.9 Å². The molecule has 0 spiro atoms. The molecular weight excluding hydrogens is 218 g/mol. The van der Waals surface area contributed by atoms with E-state index < -0.39 is 11.9 Å². The van der Waals surface area contributed by atoms with Crippen LogP contribution >= 0.6 is 0 Å². The number of carbonyl (C=O) groups is 1. The van der Waals surface area contributed by atoms with Gasteiger partial charge in [0.15, 0.2) is 5.43 Å². The van der Waals surface area contributed by atoms with E-state index >= 15 is 0 Å². The Morgan fingerprint density at radius 2 is 1.76 bits per heavy atom. The molecule has 1 rings (SSSR count). The molecule has 0 amide bonds. The number of carboxylic acids is 1. The van der Waals surface area contributed by atoms with Crippen LogP contribution in [0.4, 0.5) is 0 Å². The number of aromatic nitrogens is 1. The first-order valence-electron chi connectivity index (χ1n) is 5.73. The Bertz CT molecular complexity index is 448. The normalized spacial score (nSPS) is 12.8. The van der Waals surface area contributed by atoms with Crippen molar-refractivity contribution in [3.63, 3.8) is 0 Å². The van der Waals surface area contributed by atoms with Gasteiger partial charge in [-0.1, -0.05) is 13.8 Å². The molecule has 0 aliphatic rings. The maximum atomic E-state index is 11.3. The molecule has 1 heterocycles. The van der Waals surface area contributed by atoms with Gasteiger partial charge in [-0.2, -0.15) is 0 Å². The maximum absolute atomic E-state index is 11.3. The molecule has 94 valence electrons. The number of aryl methyl sites for hydroxylation is 2. The molecular formula is C13H19NO3. The molecule has 0 aliphatic carbocycles. The van der Waals surface area contributed by atoms with Crippen LogP contribution in [0.1, 0.15) is 25.2 Å². The molecule has 0 saturated heterocycles. The van der Waals surface area contributed by atoms with E-state index in [2.05, 4.69) is 0 Å². The van der Waals surface area contributed by atoms with E-state index in [4.69, 9.17) is 5.11 Å². The van der Waals surface area contributed by atoms with E-state index in [9.17, 15) is 9.59 Å². The second-order valence-corrected chi connectivity index (χ2v) is 4.77. The second kappa shape index (κ2) is 5.17. The average Bonchev–Trinajstić information content (AvgIpc) is 2.14. The lowest BCUT2D eigenvalue weighted by molar-refractivity contribution is -0.143. The smallest absolute Gasteiger partial charge is 0.308 e. The summed E-state index contributed by atoms with van der Waals surface area (Å²) in [6.07, 6.45) is 0. The van der Waals surface area contributed by atoms with Crippen molar-refractivity contribution in [3.05, 3.63) is 33.7 Å². The number of rotatable bonds is 4. The van der Waals surface area contributed by atoms with Gasteiger partial charge >= 0.3 is 5.97 Å². The first kappa shape index (κ1) is 13.5. The summed E-state index contributed by atoms with van der Waals surface area (Å²) < 4.78 is 1.89. The Hall–Kier alpha value is -1.58. The summed E-state index contributed by atoms with van der Waals surface area (Å²) in [4.78, 5) is 22.4. The van der Waals surface area contributed by atoms with Crippen molar-refractivity contribution in [2.75, 3.05) is 0 Å². The molecule has 4 nitrogen and oxygen atoms in total. The van der Waals surface area contributed by atoms with Crippen molar-refractivity contribution in [3.8, 4) is 0 Å². The van der Waals surface area contributed by atoms with Gasteiger partial charge in [-0.25, -0.2) is 0 Å². The molecule has 1 unspecified atom stereocenters. The summed E-state index contributed by atoms with van der Waals surface area (Å²) in [7, 11) is 0. The molecule has 0 saturated carbocycles. The van der Waals surface area contributed by atoms with Gasteiger partial charge in [-0.3, -0.25) is 9.59 Å². The fourth-order valence-corrected chi connectivity index (χ4v) is 1.95. The van der Waals surface area contributed by atoms with Gasteiger partial charge in [-0.15, -0.1) is 0 Å². The highest BCUT2D eigenvalue weighted by Gasteiger charge is 2.22. The van der Waals surface area contributed by atoms with E-state index in [1.54, 1.807) is 0 Å². The van der Waals surface area contributed by atoms with Crippen LogP contribution in [0.25, 0.3) is 0 Å². The first-order valence-corrected chi connectivity index (χ1v) is 5.73. The average molecular weight is 237 g/mol. The fourth-order valence-electron chi connectivity index (χ4n) is 1.95. The zero-order chi connectivity index (χ0) is 13.2. The fraction of sp³-hybridized carbons (Fsp3) is 0.538. The Morgan fingerprint density at radius 3 is 2.12 bits per heavy atom. The largest absolute Gasteiger partial charge is 0.481 e. The lowest BCUT2D eigenvalue weighted by atomic mass is 9.95. The molecule has 17 heavy (non-hydrogen) atoms. The lowest BCUT2D eigenvalue weighted by Gasteiger charge is -2.21. The van der Waals surface area contributed by atoms with Gasteiger partial charge in [0.1, 0.15) is 0 Å². The number of nitrogens with zero attached hydrogens (tertiary/aromatic N) is 1. The molecule has 0 bridgehead atoms. The predicted molar refractivity (Wildman–Crippen MR) is 66.1 cm³/mol. The van der Waals surface area contributed by atoms with Crippen LogP contribution in [0.2, 0.25) is 0 Å². The third-order valence-electron chi connectivity index (χ3n) is 3.06. The molecule has 0 radical (unpaired) electrons. The standard InChI is InChI=1S/C13H19NO3/c1-8(2)12(13(16)17)7-14-9(3)5-11(15)6-10(14)4/h5-6,8,12H,7H2,1-4H3,(H,16,17). The van der Waals surface area contributed by atoms with Gasteiger partial charge in [0.05, 0.1) is 5.92 Å². The minimum atomic E-state index is -0.794. The number of pyridine rings is 1. The van der Waals surface area contributed by atoms with Crippen LogP contribution in [-0.4, -0.2) is 15.6 Å². The highest BCUT2D eigenvalue weighted by atomic mass is 16.4. The molecule has 0 aromatic carbocycles. The Kier molecular flexibility index (Phi) is 4.10. The van der Waals surface area contributed by atoms with Crippen LogP contribution < -0.4 is 5.43 Å². The van der Waals surface area contributed by atoms with Crippen LogP contribution in [0.3, 0.4) is 0 Å². The van der Waals surface area contributed by atoms with Gasteiger partial charge in [0, 0.05) is 30.1 Å². The third-order valence-corrected chi connectivity index (χ3v) is 3.06. The van der Waals surface area contributed by atoms with Crippen LogP contribution in [0.5, 0.6) is 0 Å². The molecule has 1 aromatic rings. The summed E-state index contributed by atoms with van der Waals surface area (Å²) in [5, 5.41) is 9.17. The highest BCUT2D eigenvalue weighted by molar-refractivity contribution is 5.70. The topological polar surface area (TPSA) is 59.3 Å². The summed E-state index contributed by atoms with van der Waals surface area (Å²) in [5.74, 6) is -1.17. The van der Waals surface area contributed by atoms with E-state index in [1.807, 2.05) is 32.3 Å². The summed E-state index contributed by atoms with van der Waals surface area (Å²) in [6.45, 7) is 7.85. The van der Waals surface area contributed by atoms with Gasteiger partial charge in [0.2, 0.25) is 0 Å². The zero-order valence-corrected chi connectivity index (χ0v) is 10.7. The van der Waals surface area contributed by atoms with Crippen molar-refractivity contribution in [1.82, 2.24) is 4.57 Å². The summed E-state index contributed by atoms with van der Waals surface area (Å²) in [5.41, 5.74) is 1.58. The Morgan fingerprint density at radius 1 is 1.29 bits per heavy atom. The van der Waals surface area contributed by atoms with Crippen molar-refractivity contribution < 1.29 is 9.90 Å². The van der Waals surface area contributed by atoms with Crippen molar-refractivity contribution in [2.24, 2.45) is 11.8 Å². The first-order chi connectivity index (χ1) is 7.82. The number of hydrogen-bond acceptors (Lipinski definition) is 2. The van der Waals surface area contributed by atoms with Gasteiger partial charge < -0.3 is 9.67 Å². The predicted octanol–water partition coefficient (Wildman–Crippen LogP) is 1.82. The van der Waals surface area contributed by atoms with E-state index in [-0.39, 0.29) is 11.3 Å². The van der Waals surface area contributed by atoms with Crippen molar-refractivity contribution in [2.45, 2.75) is 34.2 Å². The molecule has 1 aromatic heterocycles. The maximum Gasteiger partial charge on any atom is 0.308 e. The van der Waals surface area contributed by atoms with Crippen molar-refractivity contribution in [1.29, 1.82) is 0 Å². The zero-order valence-electron chi connectivity index (χ0n) is 10.7. The van der Waals surface area contributed by atoms with Crippen LogP contribution in [-0.2, 0) is 11.3 Å². The SMILES string of the molecule is Cc1cc(=O)cc(C)n1CC(C(=O)O)C(C)C. The Balaban J connectivity index is 3.10. The number of hydrogen-bond donors (Lipinski definition) is 1. The molecule has 0 fully saturated rings. The van der Waals surface area contributed by atoms with Crippen molar-refractivity contribution >= 4 is 5.97 Å². The lowest BCUT2D eigenvalue weighted by Crippen LogP contribution is -2.27. The van der Waals surface area contributed by atoms with Gasteiger partial charge in [0.25, 0.3) is 0 Å². The summed E-state index contributed by atoms with van der Waals surface area (Å²) >= 11 is 0. The van der Waals surface area contributed by atoms with E-state index in [1.165, 1.54) is 12.1 Å². The third kappa shape index (κ3) is 3.19. The quantitative estimate of drug-likeness (QED) is 0.869. The molecule has 0 aliphatic heterocycles. The number of aliphatic carboxylic acids is 1. The molecule has 1 N–H and O–H groups in total.